The van der Waals surface area contributed by atoms with E-state index in [9.17, 15) is 13.2 Å². The monoisotopic (exact) mass is 420 g/mol. The number of carbonyl (C=O) groups is 1. The van der Waals surface area contributed by atoms with E-state index < -0.39 is 10.0 Å². The van der Waals surface area contributed by atoms with E-state index in [4.69, 9.17) is 9.47 Å². The summed E-state index contributed by atoms with van der Waals surface area (Å²) in [6.07, 6.45) is 2.52. The lowest BCUT2D eigenvalue weighted by Crippen LogP contribution is -2.40. The zero-order valence-electron chi connectivity index (χ0n) is 17.3. The summed E-state index contributed by atoms with van der Waals surface area (Å²) in [6.45, 7) is 1.97. The van der Waals surface area contributed by atoms with Crippen LogP contribution >= 0.6 is 0 Å². The molecule has 0 aliphatic rings. The van der Waals surface area contributed by atoms with Gasteiger partial charge in [-0.25, -0.2) is 8.42 Å². The Labute approximate surface area is 172 Å². The van der Waals surface area contributed by atoms with Crippen LogP contribution in [0.2, 0.25) is 0 Å². The molecule has 8 heteroatoms. The van der Waals surface area contributed by atoms with Gasteiger partial charge in [-0.3, -0.25) is 9.10 Å². The van der Waals surface area contributed by atoms with E-state index in [1.807, 2.05) is 37.3 Å². The number of hydrogen-bond donors (Lipinski definition) is 1. The molecule has 2 aromatic carbocycles. The molecule has 0 heterocycles. The van der Waals surface area contributed by atoms with Crippen molar-refractivity contribution in [2.45, 2.75) is 19.8 Å². The molecule has 0 aliphatic carbocycles. The summed E-state index contributed by atoms with van der Waals surface area (Å²) >= 11 is 0. The predicted octanol–water partition coefficient (Wildman–Crippen LogP) is 2.53. The molecule has 0 saturated carbocycles. The average molecular weight is 421 g/mol. The Balaban J connectivity index is 2.00. The first-order valence-corrected chi connectivity index (χ1v) is 11.1. The summed E-state index contributed by atoms with van der Waals surface area (Å²) < 4.78 is 36.3. The number of carbonyl (C=O) groups excluding carboxylic acids is 1. The fourth-order valence-electron chi connectivity index (χ4n) is 2.98. The summed E-state index contributed by atoms with van der Waals surface area (Å²) in [6, 6.07) is 12.9. The van der Waals surface area contributed by atoms with Crippen LogP contribution in [-0.4, -0.2) is 47.9 Å². The first kappa shape index (κ1) is 22.5. The molecule has 158 valence electrons. The number of methoxy groups -OCH3 is 2. The fraction of sp³-hybridized carbons (Fsp3) is 0.381. The van der Waals surface area contributed by atoms with Gasteiger partial charge in [0.15, 0.2) is 0 Å². The molecular formula is C21H28N2O5S. The van der Waals surface area contributed by atoms with Crippen LogP contribution in [0.4, 0.5) is 5.69 Å². The standard InChI is InChI=1S/C21H28N2O5S/c1-16-11-12-20(28-3)18(14-16)23(29(4,25)26)15-21(24)22-13-7-9-17-8-5-6-10-19(17)27-2/h5-6,8,10-12,14H,7,9,13,15H2,1-4H3,(H,22,24). The van der Waals surface area contributed by atoms with Crippen molar-refractivity contribution in [3.05, 3.63) is 53.6 Å². The second-order valence-corrected chi connectivity index (χ2v) is 8.62. The van der Waals surface area contributed by atoms with Gasteiger partial charge < -0.3 is 14.8 Å². The van der Waals surface area contributed by atoms with Gasteiger partial charge in [-0.1, -0.05) is 24.3 Å². The number of hydrogen-bond acceptors (Lipinski definition) is 5. The van der Waals surface area contributed by atoms with Crippen molar-refractivity contribution in [1.29, 1.82) is 0 Å². The highest BCUT2D eigenvalue weighted by atomic mass is 32.2. The van der Waals surface area contributed by atoms with Crippen LogP contribution in [0.15, 0.2) is 42.5 Å². The second kappa shape index (κ2) is 10.2. The van der Waals surface area contributed by atoms with Crippen molar-refractivity contribution < 1.29 is 22.7 Å². The Morgan fingerprint density at radius 2 is 1.76 bits per heavy atom. The maximum atomic E-state index is 12.4. The number of nitrogens with zero attached hydrogens (tertiary/aromatic N) is 1. The number of anilines is 1. The van der Waals surface area contributed by atoms with E-state index in [-0.39, 0.29) is 12.5 Å². The van der Waals surface area contributed by atoms with Gasteiger partial charge in [-0.2, -0.15) is 0 Å². The molecule has 0 saturated heterocycles. The van der Waals surface area contributed by atoms with Gasteiger partial charge in [0.05, 0.1) is 26.2 Å². The van der Waals surface area contributed by atoms with Crippen molar-refractivity contribution in [3.63, 3.8) is 0 Å². The van der Waals surface area contributed by atoms with Gasteiger partial charge in [-0.15, -0.1) is 0 Å². The van der Waals surface area contributed by atoms with E-state index in [1.54, 1.807) is 19.2 Å². The number of rotatable bonds is 10. The lowest BCUT2D eigenvalue weighted by Gasteiger charge is -2.24. The third-order valence-electron chi connectivity index (χ3n) is 4.43. The molecule has 0 aliphatic heterocycles. The molecule has 2 rings (SSSR count). The van der Waals surface area contributed by atoms with E-state index in [2.05, 4.69) is 5.32 Å². The van der Waals surface area contributed by atoms with Crippen LogP contribution in [0.1, 0.15) is 17.5 Å². The van der Waals surface area contributed by atoms with Crippen LogP contribution in [0.25, 0.3) is 0 Å². The number of para-hydroxylation sites is 1. The largest absolute Gasteiger partial charge is 0.496 e. The lowest BCUT2D eigenvalue weighted by molar-refractivity contribution is -0.119. The van der Waals surface area contributed by atoms with Gasteiger partial charge in [0, 0.05) is 6.54 Å². The highest BCUT2D eigenvalue weighted by Gasteiger charge is 2.24. The van der Waals surface area contributed by atoms with Crippen molar-refractivity contribution >= 4 is 21.6 Å². The van der Waals surface area contributed by atoms with Gasteiger partial charge in [0.25, 0.3) is 0 Å². The van der Waals surface area contributed by atoms with Gasteiger partial charge in [0.1, 0.15) is 18.0 Å². The molecule has 0 bridgehead atoms. The Hall–Kier alpha value is -2.74. The Morgan fingerprint density at radius 3 is 2.41 bits per heavy atom. The Morgan fingerprint density at radius 1 is 1.07 bits per heavy atom. The number of aryl methyl sites for hydroxylation is 2. The molecule has 0 spiro atoms. The smallest absolute Gasteiger partial charge is 0.240 e. The second-order valence-electron chi connectivity index (χ2n) is 6.71. The third-order valence-corrected chi connectivity index (χ3v) is 5.55. The highest BCUT2D eigenvalue weighted by molar-refractivity contribution is 7.92. The SMILES string of the molecule is COc1ccccc1CCCNC(=O)CN(c1cc(C)ccc1OC)S(C)(=O)=O. The summed E-state index contributed by atoms with van der Waals surface area (Å²) in [7, 11) is -0.579. The molecule has 7 nitrogen and oxygen atoms in total. The maximum Gasteiger partial charge on any atom is 0.240 e. The minimum atomic E-state index is -3.67. The first-order chi connectivity index (χ1) is 13.8. The van der Waals surface area contributed by atoms with Gasteiger partial charge in [0.2, 0.25) is 15.9 Å². The third kappa shape index (κ3) is 6.39. The van der Waals surface area contributed by atoms with Crippen LogP contribution in [0, 0.1) is 6.92 Å². The van der Waals surface area contributed by atoms with E-state index in [0.717, 1.165) is 33.9 Å². The summed E-state index contributed by atoms with van der Waals surface area (Å²) in [5.74, 6) is 0.831. The topological polar surface area (TPSA) is 84.9 Å². The molecule has 0 atom stereocenters. The lowest BCUT2D eigenvalue weighted by atomic mass is 10.1. The van der Waals surface area contributed by atoms with Crippen molar-refractivity contribution in [1.82, 2.24) is 5.32 Å². The number of nitrogens with one attached hydrogen (secondary N) is 1. The van der Waals surface area contributed by atoms with Crippen molar-refractivity contribution in [2.75, 3.05) is 37.9 Å². The Kier molecular flexibility index (Phi) is 7.90. The van der Waals surface area contributed by atoms with Crippen LogP contribution < -0.4 is 19.1 Å². The van der Waals surface area contributed by atoms with E-state index in [1.165, 1.54) is 7.11 Å². The molecule has 29 heavy (non-hydrogen) atoms. The molecule has 1 amide bonds. The zero-order chi connectivity index (χ0) is 21.4. The van der Waals surface area contributed by atoms with Crippen LogP contribution in [-0.2, 0) is 21.2 Å². The highest BCUT2D eigenvalue weighted by Crippen LogP contribution is 2.30. The molecule has 0 unspecified atom stereocenters. The fourth-order valence-corrected chi connectivity index (χ4v) is 3.83. The van der Waals surface area contributed by atoms with Gasteiger partial charge in [-0.05, 0) is 49.1 Å². The molecule has 0 radical (unpaired) electrons. The minimum Gasteiger partial charge on any atom is -0.496 e. The molecule has 0 aromatic heterocycles. The van der Waals surface area contributed by atoms with E-state index >= 15 is 0 Å². The molecule has 0 fully saturated rings. The van der Waals surface area contributed by atoms with Crippen molar-refractivity contribution in [3.8, 4) is 11.5 Å². The minimum absolute atomic E-state index is 0.312. The average Bonchev–Trinajstić information content (AvgIpc) is 2.68. The summed E-state index contributed by atoms with van der Waals surface area (Å²) in [4.78, 5) is 12.4. The zero-order valence-corrected chi connectivity index (χ0v) is 18.1. The molecule has 1 N–H and O–H groups in total. The van der Waals surface area contributed by atoms with Crippen molar-refractivity contribution in [2.24, 2.45) is 0 Å². The molecular weight excluding hydrogens is 392 g/mol. The maximum absolute atomic E-state index is 12.4. The first-order valence-electron chi connectivity index (χ1n) is 9.27. The normalized spacial score (nSPS) is 11.0. The predicted molar refractivity (Wildman–Crippen MR) is 114 cm³/mol. The number of benzene rings is 2. The van der Waals surface area contributed by atoms with Crippen LogP contribution in [0.5, 0.6) is 11.5 Å². The summed E-state index contributed by atoms with van der Waals surface area (Å²) in [5.41, 5.74) is 2.28. The summed E-state index contributed by atoms with van der Waals surface area (Å²) in [5, 5.41) is 2.79. The molecule has 2 aromatic rings. The quantitative estimate of drug-likeness (QED) is 0.597. The number of amides is 1. The number of ether oxygens (including phenoxy) is 2. The van der Waals surface area contributed by atoms with E-state index in [0.29, 0.717) is 24.4 Å². The number of sulfonamides is 1. The Bertz CT molecular complexity index is 944. The van der Waals surface area contributed by atoms with Crippen LogP contribution in [0.3, 0.4) is 0 Å². The van der Waals surface area contributed by atoms with Gasteiger partial charge >= 0.3 is 0 Å².